The summed E-state index contributed by atoms with van der Waals surface area (Å²) in [6.45, 7) is 13.7. The quantitative estimate of drug-likeness (QED) is 0.294. The Bertz CT molecular complexity index is 596. The van der Waals surface area contributed by atoms with Gasteiger partial charge in [-0.2, -0.15) is 11.8 Å². The molecule has 1 fully saturated rings. The number of hydrogen-bond acceptors (Lipinski definition) is 4. The van der Waals surface area contributed by atoms with Gasteiger partial charge in [-0.3, -0.25) is 0 Å². The van der Waals surface area contributed by atoms with Crippen LogP contribution >= 0.6 is 35.7 Å². The van der Waals surface area contributed by atoms with Gasteiger partial charge in [-0.05, 0) is 39.2 Å². The molecule has 0 aromatic carbocycles. The Balaban J connectivity index is 0.00000312. The van der Waals surface area contributed by atoms with E-state index in [1.807, 2.05) is 30.3 Å². The summed E-state index contributed by atoms with van der Waals surface area (Å²) in [4.78, 5) is 7.23. The SMILES string of the molecule is CSCCCNC(=NCc1nnc(C)n1C)N1CC(C)(C)C1(C)C.I. The molecule has 1 saturated heterocycles. The fraction of sp³-hybridized carbons (Fsp3) is 0.824. The first kappa shape index (κ1) is 22.5. The van der Waals surface area contributed by atoms with Gasteiger partial charge in [0.05, 0.1) is 0 Å². The summed E-state index contributed by atoms with van der Waals surface area (Å²) in [5.74, 6) is 3.96. The third-order valence-corrected chi connectivity index (χ3v) is 6.20. The fourth-order valence-corrected chi connectivity index (χ4v) is 3.22. The van der Waals surface area contributed by atoms with Crippen LogP contribution in [0.5, 0.6) is 0 Å². The van der Waals surface area contributed by atoms with Crippen molar-refractivity contribution in [2.45, 2.75) is 53.1 Å². The molecule has 1 aliphatic rings. The molecule has 1 N–H and O–H groups in total. The van der Waals surface area contributed by atoms with Crippen molar-refractivity contribution in [1.82, 2.24) is 25.0 Å². The maximum absolute atomic E-state index is 4.85. The average Bonchev–Trinajstić information content (AvgIpc) is 2.84. The molecule has 0 amide bonds. The normalized spacial score (nSPS) is 18.5. The third-order valence-electron chi connectivity index (χ3n) is 5.50. The number of thioether (sulfide) groups is 1. The van der Waals surface area contributed by atoms with E-state index in [2.05, 4.69) is 54.4 Å². The minimum Gasteiger partial charge on any atom is -0.356 e. The summed E-state index contributed by atoms with van der Waals surface area (Å²) in [5.41, 5.74) is 0.379. The number of aryl methyl sites for hydroxylation is 1. The molecule has 6 nitrogen and oxygen atoms in total. The predicted molar refractivity (Wildman–Crippen MR) is 118 cm³/mol. The fourth-order valence-electron chi connectivity index (χ4n) is 2.79. The minimum absolute atomic E-state index is 0. The Kier molecular flexibility index (Phi) is 8.04. The van der Waals surface area contributed by atoms with Gasteiger partial charge in [0.15, 0.2) is 11.8 Å². The maximum atomic E-state index is 4.85. The van der Waals surface area contributed by atoms with Crippen LogP contribution in [0.4, 0.5) is 0 Å². The van der Waals surface area contributed by atoms with Crippen molar-refractivity contribution < 1.29 is 0 Å². The van der Waals surface area contributed by atoms with Gasteiger partial charge in [0, 0.05) is 31.1 Å². The molecule has 0 atom stereocenters. The average molecular weight is 480 g/mol. The highest BCUT2D eigenvalue weighted by molar-refractivity contribution is 14.0. The summed E-state index contributed by atoms with van der Waals surface area (Å²) in [7, 11) is 1.99. The van der Waals surface area contributed by atoms with Crippen LogP contribution in [-0.2, 0) is 13.6 Å². The lowest BCUT2D eigenvalue weighted by molar-refractivity contribution is -0.0668. The van der Waals surface area contributed by atoms with E-state index in [-0.39, 0.29) is 34.9 Å². The van der Waals surface area contributed by atoms with Gasteiger partial charge in [0.25, 0.3) is 0 Å². The van der Waals surface area contributed by atoms with Crippen LogP contribution in [0.15, 0.2) is 4.99 Å². The first-order valence-electron chi connectivity index (χ1n) is 8.60. The molecule has 0 unspecified atom stereocenters. The summed E-state index contributed by atoms with van der Waals surface area (Å²) in [6, 6.07) is 0. The van der Waals surface area contributed by atoms with Gasteiger partial charge in [-0.15, -0.1) is 34.2 Å². The Morgan fingerprint density at radius 1 is 1.28 bits per heavy atom. The number of nitrogens with one attached hydrogen (secondary N) is 1. The minimum atomic E-state index is 0. The lowest BCUT2D eigenvalue weighted by Gasteiger charge is -2.62. The highest BCUT2D eigenvalue weighted by Gasteiger charge is 2.53. The largest absolute Gasteiger partial charge is 0.356 e. The van der Waals surface area contributed by atoms with Crippen molar-refractivity contribution in [2.75, 3.05) is 25.1 Å². The number of nitrogens with zero attached hydrogens (tertiary/aromatic N) is 5. The monoisotopic (exact) mass is 480 g/mol. The number of halogens is 1. The molecule has 0 spiro atoms. The molecule has 1 aromatic heterocycles. The lowest BCUT2D eigenvalue weighted by atomic mass is 9.65. The lowest BCUT2D eigenvalue weighted by Crippen LogP contribution is -2.72. The van der Waals surface area contributed by atoms with Crippen molar-refractivity contribution in [3.05, 3.63) is 11.6 Å². The number of rotatable bonds is 6. The third kappa shape index (κ3) is 4.81. The molecule has 0 bridgehead atoms. The second-order valence-corrected chi connectivity index (χ2v) is 8.65. The molecule has 8 heteroatoms. The summed E-state index contributed by atoms with van der Waals surface area (Å²) < 4.78 is 2.00. The van der Waals surface area contributed by atoms with Crippen LogP contribution < -0.4 is 5.32 Å². The van der Waals surface area contributed by atoms with Crippen LogP contribution in [0.25, 0.3) is 0 Å². The molecule has 0 aliphatic carbocycles. The predicted octanol–water partition coefficient (Wildman–Crippen LogP) is 3.06. The highest BCUT2D eigenvalue weighted by atomic mass is 127. The number of aromatic nitrogens is 3. The molecule has 1 aromatic rings. The number of hydrogen-bond donors (Lipinski definition) is 1. The molecule has 0 radical (unpaired) electrons. The zero-order valence-corrected chi connectivity index (χ0v) is 19.7. The van der Waals surface area contributed by atoms with Crippen LogP contribution in [0.2, 0.25) is 0 Å². The van der Waals surface area contributed by atoms with Crippen molar-refractivity contribution >= 4 is 41.7 Å². The number of likely N-dealkylation sites (tertiary alicyclic amines) is 1. The van der Waals surface area contributed by atoms with Crippen LogP contribution in [0.3, 0.4) is 0 Å². The zero-order valence-electron chi connectivity index (χ0n) is 16.6. The van der Waals surface area contributed by atoms with E-state index in [9.17, 15) is 0 Å². The van der Waals surface area contributed by atoms with Crippen LogP contribution in [0, 0.1) is 12.3 Å². The summed E-state index contributed by atoms with van der Waals surface area (Å²) in [5, 5.41) is 11.9. The van der Waals surface area contributed by atoms with Gasteiger partial charge < -0.3 is 14.8 Å². The van der Waals surface area contributed by atoms with Crippen molar-refractivity contribution in [3.63, 3.8) is 0 Å². The molecule has 25 heavy (non-hydrogen) atoms. The molecule has 144 valence electrons. The van der Waals surface area contributed by atoms with Gasteiger partial charge in [-0.25, -0.2) is 4.99 Å². The highest BCUT2D eigenvalue weighted by Crippen LogP contribution is 2.46. The second-order valence-electron chi connectivity index (χ2n) is 7.66. The molecule has 2 rings (SSSR count). The van der Waals surface area contributed by atoms with Gasteiger partial charge in [0.2, 0.25) is 0 Å². The van der Waals surface area contributed by atoms with E-state index in [1.165, 1.54) is 0 Å². The molecular weight excluding hydrogens is 447 g/mol. The van der Waals surface area contributed by atoms with E-state index >= 15 is 0 Å². The number of aliphatic imine (C=N–C) groups is 1. The van der Waals surface area contributed by atoms with Crippen molar-refractivity contribution in [1.29, 1.82) is 0 Å². The Morgan fingerprint density at radius 2 is 1.96 bits per heavy atom. The van der Waals surface area contributed by atoms with Gasteiger partial charge in [-0.1, -0.05) is 13.8 Å². The van der Waals surface area contributed by atoms with Crippen LogP contribution in [-0.4, -0.2) is 56.3 Å². The van der Waals surface area contributed by atoms with Gasteiger partial charge in [0.1, 0.15) is 12.4 Å². The first-order chi connectivity index (χ1) is 11.2. The van der Waals surface area contributed by atoms with E-state index in [1.54, 1.807) is 0 Å². The van der Waals surface area contributed by atoms with Crippen molar-refractivity contribution in [3.8, 4) is 0 Å². The van der Waals surface area contributed by atoms with E-state index in [4.69, 9.17) is 4.99 Å². The van der Waals surface area contributed by atoms with E-state index < -0.39 is 0 Å². The summed E-state index contributed by atoms with van der Waals surface area (Å²) in [6.07, 6.45) is 3.29. The van der Waals surface area contributed by atoms with E-state index in [0.717, 1.165) is 42.9 Å². The Morgan fingerprint density at radius 3 is 2.44 bits per heavy atom. The molecular formula is C17H33IN6S. The maximum Gasteiger partial charge on any atom is 0.194 e. The standard InChI is InChI=1S/C17H32N6S.HI/c1-13-20-21-14(22(13)6)11-19-15(18-9-8-10-24-7)23-12-16(2,3)17(23,4)5;/h8-12H2,1-7H3,(H,18,19);1H. The van der Waals surface area contributed by atoms with Crippen molar-refractivity contribution in [2.24, 2.45) is 17.5 Å². The second kappa shape index (κ2) is 8.92. The summed E-state index contributed by atoms with van der Waals surface area (Å²) >= 11 is 1.88. The Labute approximate surface area is 173 Å². The molecule has 1 aliphatic heterocycles. The molecule has 2 heterocycles. The van der Waals surface area contributed by atoms with Crippen LogP contribution in [0.1, 0.15) is 45.8 Å². The topological polar surface area (TPSA) is 58.3 Å². The first-order valence-corrected chi connectivity index (χ1v) is 10.00. The number of guanidine groups is 1. The van der Waals surface area contributed by atoms with Gasteiger partial charge >= 0.3 is 0 Å². The van der Waals surface area contributed by atoms with E-state index in [0.29, 0.717) is 6.54 Å². The Hall–Kier alpha value is -0.510. The smallest absolute Gasteiger partial charge is 0.194 e. The zero-order chi connectivity index (χ0) is 18.0. The molecule has 0 saturated carbocycles.